The molecule has 0 fully saturated rings. The predicted molar refractivity (Wildman–Crippen MR) is 119 cm³/mol. The first kappa shape index (κ1) is 22.7. The summed E-state index contributed by atoms with van der Waals surface area (Å²) >= 11 is 3.34. The van der Waals surface area contributed by atoms with Crippen LogP contribution in [0.1, 0.15) is 36.6 Å². The van der Waals surface area contributed by atoms with E-state index in [-0.39, 0.29) is 24.3 Å². The van der Waals surface area contributed by atoms with Gasteiger partial charge in [-0.15, -0.1) is 0 Å². The van der Waals surface area contributed by atoms with Crippen molar-refractivity contribution >= 4 is 38.6 Å². The summed E-state index contributed by atoms with van der Waals surface area (Å²) in [5.74, 6) is -0.198. The molecule has 0 saturated heterocycles. The first-order valence-electron chi connectivity index (χ1n) is 9.96. The summed E-state index contributed by atoms with van der Waals surface area (Å²) in [7, 11) is 0. The van der Waals surface area contributed by atoms with Gasteiger partial charge in [-0.05, 0) is 43.4 Å². The van der Waals surface area contributed by atoms with E-state index >= 15 is 0 Å². The van der Waals surface area contributed by atoms with Crippen molar-refractivity contribution in [3.05, 3.63) is 63.0 Å². The van der Waals surface area contributed by atoms with Crippen molar-refractivity contribution in [3.63, 3.8) is 0 Å². The molecule has 0 aliphatic rings. The van der Waals surface area contributed by atoms with Crippen LogP contribution in [0.4, 0.5) is 0 Å². The molecule has 0 atom stereocenters. The molecular weight excluding hydrogens is 466 g/mol. The number of fused-ring (bicyclic) bond motifs is 1. The lowest BCUT2D eigenvalue weighted by Gasteiger charge is -2.15. The maximum atomic E-state index is 12.6. The molecule has 0 aliphatic heterocycles. The third-order valence-corrected chi connectivity index (χ3v) is 5.33. The molecule has 2 heterocycles. The van der Waals surface area contributed by atoms with Crippen molar-refractivity contribution in [3.8, 4) is 0 Å². The molecule has 3 rings (SSSR count). The van der Waals surface area contributed by atoms with E-state index in [0.29, 0.717) is 23.2 Å². The fourth-order valence-corrected chi connectivity index (χ4v) is 3.38. The van der Waals surface area contributed by atoms with Gasteiger partial charge in [-0.2, -0.15) is 0 Å². The maximum Gasteiger partial charge on any atom is 0.305 e. The Kier molecular flexibility index (Phi) is 7.59. The van der Waals surface area contributed by atoms with Gasteiger partial charge in [0.05, 0.1) is 23.8 Å². The number of hydrogen-bond donors (Lipinski definition) is 2. The number of nitrogens with one attached hydrogen (secondary N) is 2. The fraction of sp³-hybridized carbons (Fsp3) is 0.333. The van der Waals surface area contributed by atoms with Gasteiger partial charge in [0.25, 0.3) is 5.56 Å². The summed E-state index contributed by atoms with van der Waals surface area (Å²) in [6, 6.07) is 8.56. The van der Waals surface area contributed by atoms with Crippen LogP contribution in [-0.2, 0) is 17.9 Å². The minimum Gasteiger partial charge on any atom is -0.454 e. The lowest BCUT2D eigenvalue weighted by atomic mass is 10.2. The van der Waals surface area contributed by atoms with E-state index in [0.717, 1.165) is 17.6 Å². The summed E-state index contributed by atoms with van der Waals surface area (Å²) in [4.78, 5) is 43.2. The summed E-state index contributed by atoms with van der Waals surface area (Å²) in [5.41, 5.74) is 5.01. The molecule has 2 aromatic heterocycles. The Bertz CT molecular complexity index is 1140. The highest BCUT2D eigenvalue weighted by Crippen LogP contribution is 2.15. The van der Waals surface area contributed by atoms with Crippen LogP contribution >= 0.6 is 15.9 Å². The number of carbonyl (C=O) groups excluding carboxylic acids is 2. The molecule has 1 aromatic carbocycles. The van der Waals surface area contributed by atoms with Gasteiger partial charge in [-0.1, -0.05) is 29.8 Å². The lowest BCUT2D eigenvalue weighted by Crippen LogP contribution is -2.42. The number of halogens is 1. The Hall–Kier alpha value is -2.98. The van der Waals surface area contributed by atoms with E-state index < -0.39 is 11.8 Å². The molecule has 0 aliphatic carbocycles. The van der Waals surface area contributed by atoms with Crippen LogP contribution in [0.25, 0.3) is 10.9 Å². The van der Waals surface area contributed by atoms with Crippen molar-refractivity contribution in [2.45, 2.75) is 33.4 Å². The van der Waals surface area contributed by atoms with Gasteiger partial charge in [0.1, 0.15) is 5.76 Å². The average Bonchev–Trinajstić information content (AvgIpc) is 3.24. The minimum atomic E-state index is -0.548. The second kappa shape index (κ2) is 10.4. The SMILES string of the molecule is CCN(CC)Cc1ccc(C(=O)NNC(=O)CCn2cnc3ccc(Br)cc3c2=O)o1. The van der Waals surface area contributed by atoms with Gasteiger partial charge >= 0.3 is 5.91 Å². The number of rotatable bonds is 8. The van der Waals surface area contributed by atoms with Crippen LogP contribution in [0.2, 0.25) is 0 Å². The molecule has 2 amide bonds. The topological polar surface area (TPSA) is 109 Å². The number of amides is 2. The third kappa shape index (κ3) is 5.80. The lowest BCUT2D eigenvalue weighted by molar-refractivity contribution is -0.122. The van der Waals surface area contributed by atoms with Gasteiger partial charge in [0, 0.05) is 17.4 Å². The van der Waals surface area contributed by atoms with E-state index in [2.05, 4.69) is 50.5 Å². The van der Waals surface area contributed by atoms with Crippen LogP contribution in [0.15, 0.2) is 50.3 Å². The zero-order valence-electron chi connectivity index (χ0n) is 17.4. The van der Waals surface area contributed by atoms with Crippen LogP contribution in [0, 0.1) is 0 Å². The molecule has 0 unspecified atom stereocenters. The first-order chi connectivity index (χ1) is 14.9. The Balaban J connectivity index is 1.52. The number of carbonyl (C=O) groups is 2. The summed E-state index contributed by atoms with van der Waals surface area (Å²) < 4.78 is 7.68. The molecule has 164 valence electrons. The quantitative estimate of drug-likeness (QED) is 0.470. The Labute approximate surface area is 187 Å². The van der Waals surface area contributed by atoms with Crippen molar-refractivity contribution in [2.75, 3.05) is 13.1 Å². The first-order valence-corrected chi connectivity index (χ1v) is 10.8. The van der Waals surface area contributed by atoms with Gasteiger partial charge in [0.2, 0.25) is 5.91 Å². The molecule has 9 nitrogen and oxygen atoms in total. The molecule has 31 heavy (non-hydrogen) atoms. The number of furan rings is 1. The number of hydrazine groups is 1. The van der Waals surface area contributed by atoms with Crippen molar-refractivity contribution < 1.29 is 14.0 Å². The predicted octanol–water partition coefficient (Wildman–Crippen LogP) is 2.45. The highest BCUT2D eigenvalue weighted by atomic mass is 79.9. The third-order valence-electron chi connectivity index (χ3n) is 4.84. The maximum absolute atomic E-state index is 12.6. The van der Waals surface area contributed by atoms with E-state index in [4.69, 9.17) is 4.42 Å². The highest BCUT2D eigenvalue weighted by Gasteiger charge is 2.14. The largest absolute Gasteiger partial charge is 0.454 e. The molecule has 0 radical (unpaired) electrons. The molecule has 2 N–H and O–H groups in total. The second-order valence-corrected chi connectivity index (χ2v) is 7.80. The number of aromatic nitrogens is 2. The van der Waals surface area contributed by atoms with Crippen molar-refractivity contribution in [1.29, 1.82) is 0 Å². The van der Waals surface area contributed by atoms with Crippen molar-refractivity contribution in [2.24, 2.45) is 0 Å². The molecule has 3 aromatic rings. The van der Waals surface area contributed by atoms with Gasteiger partial charge in [-0.25, -0.2) is 4.98 Å². The summed E-state index contributed by atoms with van der Waals surface area (Å²) in [6.07, 6.45) is 1.40. The minimum absolute atomic E-state index is 0.00720. The van der Waals surface area contributed by atoms with Crippen LogP contribution in [0.3, 0.4) is 0 Å². The van der Waals surface area contributed by atoms with E-state index in [1.54, 1.807) is 30.3 Å². The summed E-state index contributed by atoms with van der Waals surface area (Å²) in [5, 5.41) is 0.462. The van der Waals surface area contributed by atoms with Crippen LogP contribution in [0.5, 0.6) is 0 Å². The van der Waals surface area contributed by atoms with E-state index in [1.165, 1.54) is 10.9 Å². The number of aryl methyl sites for hydroxylation is 1. The molecule has 0 bridgehead atoms. The molecular formula is C21H24BrN5O4. The standard InChI is InChI=1S/C21H24BrN5O4/c1-3-26(4-2)12-15-6-8-18(31-15)20(29)25-24-19(28)9-10-27-13-23-17-7-5-14(22)11-16(17)21(27)30/h5-8,11,13H,3-4,9-10,12H2,1-2H3,(H,24,28)(H,25,29). The van der Waals surface area contributed by atoms with Crippen LogP contribution in [-0.4, -0.2) is 39.4 Å². The number of hydrogen-bond acceptors (Lipinski definition) is 6. The number of benzene rings is 1. The average molecular weight is 490 g/mol. The normalized spacial score (nSPS) is 11.1. The molecule has 10 heteroatoms. The fourth-order valence-electron chi connectivity index (χ4n) is 3.02. The highest BCUT2D eigenvalue weighted by molar-refractivity contribution is 9.10. The molecule has 0 spiro atoms. The Morgan fingerprint density at radius 1 is 1.16 bits per heavy atom. The Morgan fingerprint density at radius 2 is 1.94 bits per heavy atom. The van der Waals surface area contributed by atoms with Gasteiger partial charge < -0.3 is 4.42 Å². The zero-order chi connectivity index (χ0) is 22.4. The van der Waals surface area contributed by atoms with Gasteiger partial charge in [-0.3, -0.25) is 34.7 Å². The van der Waals surface area contributed by atoms with Crippen molar-refractivity contribution in [1.82, 2.24) is 25.3 Å². The molecule has 0 saturated carbocycles. The smallest absolute Gasteiger partial charge is 0.305 e. The van der Waals surface area contributed by atoms with E-state index in [1.807, 2.05) is 0 Å². The number of nitrogens with zero attached hydrogens (tertiary/aromatic N) is 3. The van der Waals surface area contributed by atoms with E-state index in [9.17, 15) is 14.4 Å². The van der Waals surface area contributed by atoms with Gasteiger partial charge in [0.15, 0.2) is 5.76 Å². The van der Waals surface area contributed by atoms with Crippen LogP contribution < -0.4 is 16.4 Å². The monoisotopic (exact) mass is 489 g/mol. The second-order valence-electron chi connectivity index (χ2n) is 6.88. The zero-order valence-corrected chi connectivity index (χ0v) is 18.9. The Morgan fingerprint density at radius 3 is 2.68 bits per heavy atom. The summed E-state index contributed by atoms with van der Waals surface area (Å²) in [6.45, 7) is 6.60.